The normalized spacial score (nSPS) is 23.2. The number of hydrogen-bond donors (Lipinski definition) is 1. The molecule has 1 N–H and O–H groups in total. The van der Waals surface area contributed by atoms with E-state index in [1.165, 1.54) is 30.0 Å². The van der Waals surface area contributed by atoms with Gasteiger partial charge in [0.1, 0.15) is 23.9 Å². The quantitative estimate of drug-likeness (QED) is 0.511. The number of aromatic nitrogens is 1. The molecule has 1 saturated carbocycles. The monoisotopic (exact) mass is 436 g/mol. The molecule has 1 fully saturated rings. The first-order chi connectivity index (χ1) is 15.7. The fraction of sp³-hybridized carbons (Fsp3) is 0.481. The standard InChI is InChI=1S/C27H33FN2O2/c1-3-13-30(21-15-23-26(31-2)5-4-6-27(23)32-17-21)20-10-7-18(8-11-20)24-16-29-25-12-9-19(28)14-22(24)25/h4-6,9,12,14,16,18,20-21,29H,3,7-8,10-11,13,15,17H2,1-2H3. The Kier molecular flexibility index (Phi) is 6.09. The number of H-pyrrole nitrogens is 1. The van der Waals surface area contributed by atoms with Crippen LogP contribution < -0.4 is 9.47 Å². The second-order valence-corrected chi connectivity index (χ2v) is 9.28. The molecule has 1 aliphatic carbocycles. The molecule has 2 aromatic carbocycles. The van der Waals surface area contributed by atoms with Gasteiger partial charge < -0.3 is 14.5 Å². The number of hydrogen-bond acceptors (Lipinski definition) is 3. The lowest BCUT2D eigenvalue weighted by molar-refractivity contribution is 0.0588. The van der Waals surface area contributed by atoms with Gasteiger partial charge in [0, 0.05) is 34.7 Å². The first kappa shape index (κ1) is 21.3. The summed E-state index contributed by atoms with van der Waals surface area (Å²) in [6.07, 6.45) is 8.82. The van der Waals surface area contributed by atoms with Gasteiger partial charge in [-0.3, -0.25) is 4.90 Å². The third-order valence-corrected chi connectivity index (χ3v) is 7.41. The van der Waals surface area contributed by atoms with Crippen molar-refractivity contribution in [1.29, 1.82) is 0 Å². The molecular formula is C27H33FN2O2. The van der Waals surface area contributed by atoms with Crippen LogP contribution in [-0.2, 0) is 6.42 Å². The van der Waals surface area contributed by atoms with E-state index in [2.05, 4.69) is 23.0 Å². The van der Waals surface area contributed by atoms with Crippen molar-refractivity contribution in [2.45, 2.75) is 63.5 Å². The molecule has 1 aromatic heterocycles. The molecule has 1 aliphatic heterocycles. The van der Waals surface area contributed by atoms with E-state index >= 15 is 0 Å². The Morgan fingerprint density at radius 3 is 2.75 bits per heavy atom. The summed E-state index contributed by atoms with van der Waals surface area (Å²) in [6, 6.07) is 12.1. The maximum atomic E-state index is 13.8. The summed E-state index contributed by atoms with van der Waals surface area (Å²) in [6.45, 7) is 4.09. The lowest BCUT2D eigenvalue weighted by atomic mass is 9.80. The number of fused-ring (bicyclic) bond motifs is 2. The molecule has 170 valence electrons. The Labute approximate surface area is 189 Å². The average Bonchev–Trinajstić information content (AvgIpc) is 3.25. The van der Waals surface area contributed by atoms with Gasteiger partial charge in [0.2, 0.25) is 0 Å². The maximum Gasteiger partial charge on any atom is 0.126 e. The zero-order valence-electron chi connectivity index (χ0n) is 19.1. The lowest BCUT2D eigenvalue weighted by Gasteiger charge is -2.43. The SMILES string of the molecule is CCCN(C1CCC(c2c[nH]c3ccc(F)cc23)CC1)C1COc2cccc(OC)c2C1. The lowest BCUT2D eigenvalue weighted by Crippen LogP contribution is -2.50. The van der Waals surface area contributed by atoms with Gasteiger partial charge in [0.25, 0.3) is 0 Å². The van der Waals surface area contributed by atoms with Crippen LogP contribution >= 0.6 is 0 Å². The molecule has 0 amide bonds. The van der Waals surface area contributed by atoms with Crippen molar-refractivity contribution in [3.05, 3.63) is 59.5 Å². The first-order valence-corrected chi connectivity index (χ1v) is 12.0. The van der Waals surface area contributed by atoms with Crippen LogP contribution in [0.1, 0.15) is 56.1 Å². The summed E-state index contributed by atoms with van der Waals surface area (Å²) in [4.78, 5) is 6.03. The number of benzene rings is 2. The van der Waals surface area contributed by atoms with Gasteiger partial charge in [-0.2, -0.15) is 0 Å². The van der Waals surface area contributed by atoms with Gasteiger partial charge >= 0.3 is 0 Å². The predicted molar refractivity (Wildman–Crippen MR) is 126 cm³/mol. The van der Waals surface area contributed by atoms with Gasteiger partial charge in [-0.1, -0.05) is 13.0 Å². The van der Waals surface area contributed by atoms with Crippen LogP contribution in [0, 0.1) is 5.82 Å². The van der Waals surface area contributed by atoms with E-state index in [1.807, 2.05) is 24.3 Å². The molecular weight excluding hydrogens is 403 g/mol. The minimum atomic E-state index is -0.158. The molecule has 4 nitrogen and oxygen atoms in total. The number of methoxy groups -OCH3 is 1. The van der Waals surface area contributed by atoms with Crippen LogP contribution in [0.15, 0.2) is 42.6 Å². The van der Waals surface area contributed by atoms with E-state index in [-0.39, 0.29) is 5.82 Å². The maximum absolute atomic E-state index is 13.8. The third-order valence-electron chi connectivity index (χ3n) is 7.41. The van der Waals surface area contributed by atoms with Crippen molar-refractivity contribution in [2.24, 2.45) is 0 Å². The molecule has 32 heavy (non-hydrogen) atoms. The van der Waals surface area contributed by atoms with Crippen molar-refractivity contribution in [1.82, 2.24) is 9.88 Å². The largest absolute Gasteiger partial charge is 0.496 e. The van der Waals surface area contributed by atoms with E-state index < -0.39 is 0 Å². The fourth-order valence-electron chi connectivity index (χ4n) is 5.86. The number of nitrogens with one attached hydrogen (secondary N) is 1. The third kappa shape index (κ3) is 3.99. The van der Waals surface area contributed by atoms with E-state index in [9.17, 15) is 4.39 Å². The summed E-state index contributed by atoms with van der Waals surface area (Å²) in [5.41, 5.74) is 3.50. The Morgan fingerprint density at radius 2 is 1.97 bits per heavy atom. The highest BCUT2D eigenvalue weighted by Crippen LogP contribution is 2.40. The number of rotatable bonds is 6. The predicted octanol–water partition coefficient (Wildman–Crippen LogP) is 6.06. The van der Waals surface area contributed by atoms with Crippen LogP contribution in [0.2, 0.25) is 0 Å². The highest BCUT2D eigenvalue weighted by molar-refractivity contribution is 5.83. The number of nitrogens with zero attached hydrogens (tertiary/aromatic N) is 1. The smallest absolute Gasteiger partial charge is 0.126 e. The van der Waals surface area contributed by atoms with E-state index in [0.29, 0.717) is 18.0 Å². The van der Waals surface area contributed by atoms with Crippen molar-refractivity contribution in [3.63, 3.8) is 0 Å². The number of ether oxygens (including phenoxy) is 2. The molecule has 0 radical (unpaired) electrons. The summed E-state index contributed by atoms with van der Waals surface area (Å²) in [5.74, 6) is 2.23. The second-order valence-electron chi connectivity index (χ2n) is 9.28. The molecule has 5 heteroatoms. The van der Waals surface area contributed by atoms with Crippen LogP contribution in [0.25, 0.3) is 10.9 Å². The van der Waals surface area contributed by atoms with Crippen molar-refractivity contribution < 1.29 is 13.9 Å². The zero-order valence-corrected chi connectivity index (χ0v) is 19.1. The topological polar surface area (TPSA) is 37.5 Å². The van der Waals surface area contributed by atoms with Crippen LogP contribution in [0.4, 0.5) is 4.39 Å². The van der Waals surface area contributed by atoms with Gasteiger partial charge in [0.05, 0.1) is 7.11 Å². The molecule has 1 atom stereocenters. The molecule has 0 spiro atoms. The summed E-state index contributed by atoms with van der Waals surface area (Å²) < 4.78 is 25.6. The minimum absolute atomic E-state index is 0.158. The Hall–Kier alpha value is -2.53. The number of aromatic amines is 1. The Balaban J connectivity index is 1.30. The van der Waals surface area contributed by atoms with Gasteiger partial charge in [-0.25, -0.2) is 4.39 Å². The van der Waals surface area contributed by atoms with Crippen molar-refractivity contribution in [3.8, 4) is 11.5 Å². The highest BCUT2D eigenvalue weighted by Gasteiger charge is 2.34. The van der Waals surface area contributed by atoms with Gasteiger partial charge in [-0.05, 0) is 86.9 Å². The molecule has 3 aromatic rings. The van der Waals surface area contributed by atoms with Crippen molar-refractivity contribution in [2.75, 3.05) is 20.3 Å². The van der Waals surface area contributed by atoms with E-state index in [0.717, 1.165) is 61.2 Å². The average molecular weight is 437 g/mol. The Bertz CT molecular complexity index is 1060. The van der Waals surface area contributed by atoms with Crippen molar-refractivity contribution >= 4 is 10.9 Å². The van der Waals surface area contributed by atoms with Gasteiger partial charge in [0.15, 0.2) is 0 Å². The molecule has 1 unspecified atom stereocenters. The zero-order chi connectivity index (χ0) is 22.1. The molecule has 2 heterocycles. The molecule has 2 aliphatic rings. The van der Waals surface area contributed by atoms with E-state index in [4.69, 9.17) is 9.47 Å². The summed E-state index contributed by atoms with van der Waals surface area (Å²) >= 11 is 0. The van der Waals surface area contributed by atoms with Crippen LogP contribution in [0.3, 0.4) is 0 Å². The van der Waals surface area contributed by atoms with Crippen LogP contribution in [-0.4, -0.2) is 42.2 Å². The molecule has 0 saturated heterocycles. The Morgan fingerprint density at radius 1 is 1.12 bits per heavy atom. The number of halogens is 1. The first-order valence-electron chi connectivity index (χ1n) is 12.0. The molecule has 5 rings (SSSR count). The molecule has 0 bridgehead atoms. The summed E-state index contributed by atoms with van der Waals surface area (Å²) in [7, 11) is 1.74. The minimum Gasteiger partial charge on any atom is -0.496 e. The second kappa shape index (κ2) is 9.14. The summed E-state index contributed by atoms with van der Waals surface area (Å²) in [5, 5.41) is 1.04. The van der Waals surface area contributed by atoms with Gasteiger partial charge in [-0.15, -0.1) is 0 Å². The van der Waals surface area contributed by atoms with E-state index in [1.54, 1.807) is 13.2 Å². The fourth-order valence-corrected chi connectivity index (χ4v) is 5.86. The highest BCUT2D eigenvalue weighted by atomic mass is 19.1. The van der Waals surface area contributed by atoms with Crippen LogP contribution in [0.5, 0.6) is 11.5 Å².